The van der Waals surface area contributed by atoms with Gasteiger partial charge in [0.15, 0.2) is 34.9 Å². The van der Waals surface area contributed by atoms with E-state index in [-0.39, 0.29) is 0 Å². The molecular weight excluding hydrogens is 1270 g/mol. The van der Waals surface area contributed by atoms with E-state index in [4.69, 9.17) is 43.8 Å². The molecule has 0 saturated carbocycles. The lowest BCUT2D eigenvalue weighted by Gasteiger charge is -2.39. The summed E-state index contributed by atoms with van der Waals surface area (Å²) in [7, 11) is 0. The first-order valence-electron chi connectivity index (χ1n) is 34.3. The minimum Gasteiger partial charge on any atom is -0.457 e. The van der Waals surface area contributed by atoms with Crippen LogP contribution in [-0.2, 0) is 10.8 Å². The number of fused-ring (bicyclic) bond motifs is 24. The number of nitrogens with zero attached hydrogens (tertiary/aromatic N) is 6. The Morgan fingerprint density at radius 1 is 0.216 bits per heavy atom. The summed E-state index contributed by atoms with van der Waals surface area (Å²) in [5, 5.41) is 4.52. The standard InChI is InChI=1S/C92H52N6O3S/c1-2-19-53(20-3-1)85-93-88(98-90(94-85)60-38-43-68-67-28-9-17-36-83(67)102-84(68)52-60)59-41-46-76-82(51-59)101-80-48-55(39-44-74(80)92(76)71-31-12-6-25-63(71)64-26-7-13-32-72(64)92)54-21-18-22-56(47-54)86-95-87(57-37-42-66-65-27-8-15-34-77(65)99-79(66)49-57)97-89(96-86)58-40-45-75-81(50-58)100-78-35-16-14-33-73(78)91(75)69-29-10-4-23-61(69)62-24-5-11-30-70(62)91/h1-52H. The zero-order valence-electron chi connectivity index (χ0n) is 54.3. The van der Waals surface area contributed by atoms with Gasteiger partial charge in [-0.2, -0.15) is 0 Å². The molecule has 22 rings (SSSR count). The normalized spacial score (nSPS) is 13.6. The second kappa shape index (κ2) is 21.6. The third-order valence-corrected chi connectivity index (χ3v) is 22.5. The number of aromatic nitrogens is 6. The smallest absolute Gasteiger partial charge is 0.164 e. The highest BCUT2D eigenvalue weighted by Gasteiger charge is 2.53. The molecule has 0 unspecified atom stereocenters. The second-order valence-corrected chi connectivity index (χ2v) is 27.8. The maximum Gasteiger partial charge on any atom is 0.164 e. The van der Waals surface area contributed by atoms with E-state index in [1.54, 1.807) is 11.3 Å². The van der Waals surface area contributed by atoms with Crippen molar-refractivity contribution in [2.75, 3.05) is 0 Å². The molecule has 9 nitrogen and oxygen atoms in total. The highest BCUT2D eigenvalue weighted by atomic mass is 32.1. The Morgan fingerprint density at radius 3 is 1.17 bits per heavy atom. The Kier molecular flexibility index (Phi) is 12.0. The number of ether oxygens (including phenoxy) is 2. The van der Waals surface area contributed by atoms with Crippen LogP contribution in [0, 0.1) is 0 Å². The van der Waals surface area contributed by atoms with Gasteiger partial charge in [0.2, 0.25) is 0 Å². The summed E-state index contributed by atoms with van der Waals surface area (Å²) < 4.78 is 23.4. The first kappa shape index (κ1) is 56.7. The van der Waals surface area contributed by atoms with E-state index >= 15 is 0 Å². The maximum atomic E-state index is 7.42. The lowest BCUT2D eigenvalue weighted by molar-refractivity contribution is 0.436. The molecule has 14 aromatic carbocycles. The van der Waals surface area contributed by atoms with Crippen LogP contribution in [0.4, 0.5) is 0 Å². The van der Waals surface area contributed by atoms with Crippen LogP contribution in [0.1, 0.15) is 44.5 Å². The first-order valence-corrected chi connectivity index (χ1v) is 35.1. The summed E-state index contributed by atoms with van der Waals surface area (Å²) in [6.45, 7) is 0. The highest BCUT2D eigenvalue weighted by Crippen LogP contribution is 2.64. The minimum absolute atomic E-state index is 0.498. The van der Waals surface area contributed by atoms with Crippen molar-refractivity contribution in [2.45, 2.75) is 10.8 Å². The molecule has 0 atom stereocenters. The fourth-order valence-corrected chi connectivity index (χ4v) is 18.1. The Hall–Kier alpha value is -13.3. The Balaban J connectivity index is 0.688. The number of rotatable bonds is 7. The summed E-state index contributed by atoms with van der Waals surface area (Å²) in [6.07, 6.45) is 0. The van der Waals surface area contributed by atoms with Gasteiger partial charge in [-0.1, -0.05) is 255 Å². The molecule has 0 radical (unpaired) electrons. The van der Waals surface area contributed by atoms with Crippen molar-refractivity contribution in [1.82, 2.24) is 29.9 Å². The van der Waals surface area contributed by atoms with Crippen LogP contribution >= 0.6 is 11.3 Å². The van der Waals surface area contributed by atoms with Crippen molar-refractivity contribution >= 4 is 53.4 Å². The summed E-state index contributed by atoms with van der Waals surface area (Å²) in [6, 6.07) is 111. The number of benzene rings is 14. The van der Waals surface area contributed by atoms with Crippen molar-refractivity contribution in [3.05, 3.63) is 360 Å². The Morgan fingerprint density at radius 2 is 0.578 bits per heavy atom. The molecule has 0 amide bonds. The molecule has 2 aliphatic heterocycles. The Labute approximate surface area is 589 Å². The van der Waals surface area contributed by atoms with Crippen molar-refractivity contribution in [3.8, 4) is 125 Å². The number of thiophene rings is 1. The van der Waals surface area contributed by atoms with Gasteiger partial charge in [-0.05, 0) is 116 Å². The molecule has 0 bridgehead atoms. The van der Waals surface area contributed by atoms with Crippen molar-refractivity contribution in [1.29, 1.82) is 0 Å². The van der Waals surface area contributed by atoms with Crippen molar-refractivity contribution in [3.63, 3.8) is 0 Å². The fourth-order valence-electron chi connectivity index (χ4n) is 16.9. The third kappa shape index (κ3) is 8.20. The molecule has 0 fully saturated rings. The van der Waals surface area contributed by atoms with E-state index in [1.807, 2.05) is 60.7 Å². The van der Waals surface area contributed by atoms with Gasteiger partial charge in [0.05, 0.1) is 10.8 Å². The molecule has 4 aromatic heterocycles. The van der Waals surface area contributed by atoms with Crippen LogP contribution in [0.2, 0.25) is 0 Å². The van der Waals surface area contributed by atoms with Crippen molar-refractivity contribution in [2.24, 2.45) is 0 Å². The van der Waals surface area contributed by atoms with Crippen LogP contribution in [0.5, 0.6) is 23.0 Å². The molecule has 2 spiro atoms. The molecule has 102 heavy (non-hydrogen) atoms. The number of hydrogen-bond donors (Lipinski definition) is 0. The second-order valence-electron chi connectivity index (χ2n) is 26.7. The Bertz CT molecular complexity index is 6540. The summed E-state index contributed by atoms with van der Waals surface area (Å²) in [4.78, 5) is 31.9. The van der Waals surface area contributed by atoms with Gasteiger partial charge in [-0.15, -0.1) is 11.3 Å². The topological polar surface area (TPSA) is 109 Å². The average molecular weight is 1320 g/mol. The van der Waals surface area contributed by atoms with E-state index in [1.165, 1.54) is 64.7 Å². The predicted molar refractivity (Wildman–Crippen MR) is 406 cm³/mol. The van der Waals surface area contributed by atoms with Gasteiger partial charge in [0.25, 0.3) is 0 Å². The first-order chi connectivity index (χ1) is 50.5. The molecular formula is C92H52N6O3S. The lowest BCUT2D eigenvalue weighted by atomic mass is 9.66. The summed E-state index contributed by atoms with van der Waals surface area (Å²) in [5.41, 5.74) is 21.0. The molecule has 4 aliphatic rings. The SMILES string of the molecule is c1ccc(-c2nc(-c3ccc4c(c3)Oc3cc(-c5cccc(-c6nc(-c7ccc8c(c7)Oc7ccccc7C87c8ccccc8-c8ccccc87)nc(-c7ccc8c(c7)oc7ccccc78)n6)c5)ccc3C43c4ccccc4-c4ccccc43)nc(-c3ccc4c(c3)sc3ccccc34)n2)cc1. The molecule has 0 N–H and O–H groups in total. The summed E-state index contributed by atoms with van der Waals surface area (Å²) >= 11 is 1.78. The summed E-state index contributed by atoms with van der Waals surface area (Å²) in [5.74, 6) is 6.22. The van der Waals surface area contributed by atoms with Gasteiger partial charge < -0.3 is 13.9 Å². The molecule has 474 valence electrons. The van der Waals surface area contributed by atoms with Gasteiger partial charge in [-0.25, -0.2) is 29.9 Å². The molecule has 18 aromatic rings. The van der Waals surface area contributed by atoms with Gasteiger partial charge in [0, 0.05) is 86.6 Å². The van der Waals surface area contributed by atoms with Crippen LogP contribution in [0.3, 0.4) is 0 Å². The quantitative estimate of drug-likeness (QED) is 0.154. The highest BCUT2D eigenvalue weighted by molar-refractivity contribution is 7.25. The van der Waals surface area contributed by atoms with E-state index in [0.717, 1.165) is 106 Å². The zero-order valence-corrected chi connectivity index (χ0v) is 55.2. The molecule has 2 aliphatic carbocycles. The van der Waals surface area contributed by atoms with Crippen LogP contribution in [-0.4, -0.2) is 29.9 Å². The van der Waals surface area contributed by atoms with E-state index in [0.29, 0.717) is 40.7 Å². The maximum absolute atomic E-state index is 7.42. The van der Waals surface area contributed by atoms with Crippen LogP contribution in [0.15, 0.2) is 320 Å². The lowest BCUT2D eigenvalue weighted by Crippen LogP contribution is -2.32. The van der Waals surface area contributed by atoms with Gasteiger partial charge in [0.1, 0.15) is 34.2 Å². The van der Waals surface area contributed by atoms with E-state index < -0.39 is 10.8 Å². The van der Waals surface area contributed by atoms with Crippen molar-refractivity contribution < 1.29 is 13.9 Å². The molecule has 6 heterocycles. The third-order valence-electron chi connectivity index (χ3n) is 21.3. The van der Waals surface area contributed by atoms with Gasteiger partial charge >= 0.3 is 0 Å². The fraction of sp³-hybridized carbons (Fsp3) is 0.0217. The van der Waals surface area contributed by atoms with E-state index in [2.05, 4.69) is 255 Å². The van der Waals surface area contributed by atoms with Gasteiger partial charge in [-0.3, -0.25) is 0 Å². The van der Waals surface area contributed by atoms with Crippen LogP contribution < -0.4 is 9.47 Å². The zero-order chi connectivity index (χ0) is 66.8. The van der Waals surface area contributed by atoms with E-state index in [9.17, 15) is 0 Å². The largest absolute Gasteiger partial charge is 0.457 e. The number of hydrogen-bond acceptors (Lipinski definition) is 10. The number of para-hydroxylation sites is 2. The monoisotopic (exact) mass is 1320 g/mol. The minimum atomic E-state index is -0.741. The molecule has 10 heteroatoms. The van der Waals surface area contributed by atoms with Crippen LogP contribution in [0.25, 0.3) is 144 Å². The average Bonchev–Trinajstić information content (AvgIpc) is 1.48. The predicted octanol–water partition coefficient (Wildman–Crippen LogP) is 22.9. The number of furan rings is 1. The molecule has 0 saturated heterocycles.